The summed E-state index contributed by atoms with van der Waals surface area (Å²) in [5, 5.41) is 9.71. The van der Waals surface area contributed by atoms with Gasteiger partial charge in [0, 0.05) is 49.8 Å². The molecule has 6 nitrogen and oxygen atoms in total. The predicted molar refractivity (Wildman–Crippen MR) is 124 cm³/mol. The van der Waals surface area contributed by atoms with Gasteiger partial charge in [0.2, 0.25) is 0 Å². The van der Waals surface area contributed by atoms with E-state index < -0.39 is 0 Å². The number of aryl methyl sites for hydroxylation is 1. The van der Waals surface area contributed by atoms with E-state index in [4.69, 9.17) is 4.74 Å². The van der Waals surface area contributed by atoms with Crippen molar-refractivity contribution in [2.75, 3.05) is 38.2 Å². The van der Waals surface area contributed by atoms with E-state index in [1.54, 1.807) is 13.2 Å². The first kappa shape index (κ1) is 22.5. The average molecular weight is 421 g/mol. The molecule has 0 radical (unpaired) electrons. The summed E-state index contributed by atoms with van der Waals surface area (Å²) in [5.41, 5.74) is 4.52. The standard InChI is InChI=1S/C25H32N4O2/c1-5-11-29-19(2)16-21(20(29)3)17-22(18-26)25(30)28-13-6-12-27(14-15-28)23-7-9-24(31-4)10-8-23/h7-10,16-17H,5-6,11-15H2,1-4H3/b22-17+. The summed E-state index contributed by atoms with van der Waals surface area (Å²) in [6.07, 6.45) is 3.66. The van der Waals surface area contributed by atoms with Crippen LogP contribution in [-0.2, 0) is 11.3 Å². The maximum absolute atomic E-state index is 13.1. The fourth-order valence-electron chi connectivity index (χ4n) is 4.18. The van der Waals surface area contributed by atoms with Gasteiger partial charge in [-0.1, -0.05) is 6.92 Å². The molecule has 3 rings (SSSR count). The van der Waals surface area contributed by atoms with Gasteiger partial charge in [-0.15, -0.1) is 0 Å². The molecule has 1 aliphatic rings. The van der Waals surface area contributed by atoms with Crippen LogP contribution in [0.5, 0.6) is 5.75 Å². The number of benzene rings is 1. The molecule has 1 saturated heterocycles. The fraction of sp³-hybridized carbons (Fsp3) is 0.440. The Morgan fingerprint density at radius 1 is 1.16 bits per heavy atom. The molecule has 1 aromatic heterocycles. The number of anilines is 1. The molecule has 6 heteroatoms. The van der Waals surface area contributed by atoms with Crippen LogP contribution in [-0.4, -0.2) is 48.7 Å². The largest absolute Gasteiger partial charge is 0.497 e. The topological polar surface area (TPSA) is 61.5 Å². The van der Waals surface area contributed by atoms with Crippen molar-refractivity contribution in [3.63, 3.8) is 0 Å². The van der Waals surface area contributed by atoms with E-state index in [0.717, 1.165) is 60.9 Å². The molecule has 0 N–H and O–H groups in total. The van der Waals surface area contributed by atoms with E-state index in [2.05, 4.69) is 35.5 Å². The summed E-state index contributed by atoms with van der Waals surface area (Å²) in [4.78, 5) is 17.2. The Kier molecular flexibility index (Phi) is 7.41. The number of aromatic nitrogens is 1. The molecule has 0 unspecified atom stereocenters. The van der Waals surface area contributed by atoms with Gasteiger partial charge in [0.05, 0.1) is 7.11 Å². The summed E-state index contributed by atoms with van der Waals surface area (Å²) in [5.74, 6) is 0.650. The normalized spacial score (nSPS) is 14.9. The summed E-state index contributed by atoms with van der Waals surface area (Å²) < 4.78 is 7.48. The van der Waals surface area contributed by atoms with Crippen molar-refractivity contribution in [2.24, 2.45) is 0 Å². The van der Waals surface area contributed by atoms with Crippen LogP contribution in [0.4, 0.5) is 5.69 Å². The van der Waals surface area contributed by atoms with Crippen LogP contribution >= 0.6 is 0 Å². The Morgan fingerprint density at radius 3 is 2.55 bits per heavy atom. The second-order valence-electron chi connectivity index (χ2n) is 7.98. The average Bonchev–Trinajstić information content (AvgIpc) is 2.95. The summed E-state index contributed by atoms with van der Waals surface area (Å²) in [6.45, 7) is 10.1. The first-order chi connectivity index (χ1) is 15.0. The molecule has 1 amide bonds. The van der Waals surface area contributed by atoms with Gasteiger partial charge in [-0.05, 0) is 68.7 Å². The van der Waals surface area contributed by atoms with Crippen LogP contribution in [0.25, 0.3) is 6.08 Å². The monoisotopic (exact) mass is 420 g/mol. The highest BCUT2D eigenvalue weighted by molar-refractivity contribution is 6.01. The smallest absolute Gasteiger partial charge is 0.264 e. The highest BCUT2D eigenvalue weighted by Gasteiger charge is 2.23. The second-order valence-corrected chi connectivity index (χ2v) is 7.98. The van der Waals surface area contributed by atoms with E-state index in [9.17, 15) is 10.1 Å². The quantitative estimate of drug-likeness (QED) is 0.520. The Labute approximate surface area is 185 Å². The van der Waals surface area contributed by atoms with Gasteiger partial charge in [0.25, 0.3) is 5.91 Å². The van der Waals surface area contributed by atoms with Crippen LogP contribution in [0, 0.1) is 25.2 Å². The number of rotatable bonds is 6. The lowest BCUT2D eigenvalue weighted by Crippen LogP contribution is -2.35. The minimum Gasteiger partial charge on any atom is -0.497 e. The van der Waals surface area contributed by atoms with E-state index in [-0.39, 0.29) is 11.5 Å². The molecule has 1 aliphatic heterocycles. The molecule has 0 bridgehead atoms. The van der Waals surface area contributed by atoms with Crippen molar-refractivity contribution in [2.45, 2.75) is 40.2 Å². The zero-order chi connectivity index (χ0) is 22.4. The van der Waals surface area contributed by atoms with Crippen LogP contribution in [0.1, 0.15) is 36.7 Å². The molecule has 0 spiro atoms. The lowest BCUT2D eigenvalue weighted by molar-refractivity contribution is -0.126. The number of ether oxygens (including phenoxy) is 1. The molecule has 0 saturated carbocycles. The molecule has 0 aliphatic carbocycles. The zero-order valence-electron chi connectivity index (χ0n) is 19.0. The van der Waals surface area contributed by atoms with Crippen LogP contribution in [0.2, 0.25) is 0 Å². The number of hydrogen-bond donors (Lipinski definition) is 0. The van der Waals surface area contributed by atoms with Gasteiger partial charge < -0.3 is 19.1 Å². The molecule has 31 heavy (non-hydrogen) atoms. The first-order valence-corrected chi connectivity index (χ1v) is 10.9. The lowest BCUT2D eigenvalue weighted by Gasteiger charge is -2.23. The summed E-state index contributed by atoms with van der Waals surface area (Å²) in [7, 11) is 1.66. The molecular weight excluding hydrogens is 388 g/mol. The highest BCUT2D eigenvalue weighted by Crippen LogP contribution is 2.22. The maximum atomic E-state index is 13.1. The van der Waals surface area contributed by atoms with E-state index >= 15 is 0 Å². The molecular formula is C25H32N4O2. The summed E-state index contributed by atoms with van der Waals surface area (Å²) in [6, 6.07) is 12.2. The zero-order valence-corrected chi connectivity index (χ0v) is 19.0. The first-order valence-electron chi connectivity index (χ1n) is 10.9. The maximum Gasteiger partial charge on any atom is 0.264 e. The van der Waals surface area contributed by atoms with Gasteiger partial charge in [-0.3, -0.25) is 4.79 Å². The molecule has 164 valence electrons. The number of nitrogens with zero attached hydrogens (tertiary/aromatic N) is 4. The minimum absolute atomic E-state index is 0.181. The van der Waals surface area contributed by atoms with Gasteiger partial charge in [0.15, 0.2) is 0 Å². The van der Waals surface area contributed by atoms with Crippen molar-refractivity contribution in [3.05, 3.63) is 52.9 Å². The predicted octanol–water partition coefficient (Wildman–Crippen LogP) is 4.17. The van der Waals surface area contributed by atoms with E-state index in [1.807, 2.05) is 36.1 Å². The number of nitriles is 1. The van der Waals surface area contributed by atoms with Crippen molar-refractivity contribution in [3.8, 4) is 11.8 Å². The number of hydrogen-bond acceptors (Lipinski definition) is 4. The molecule has 1 aromatic carbocycles. The Bertz CT molecular complexity index is 982. The van der Waals surface area contributed by atoms with Crippen LogP contribution in [0.15, 0.2) is 35.9 Å². The van der Waals surface area contributed by atoms with Crippen LogP contribution in [0.3, 0.4) is 0 Å². The lowest BCUT2D eigenvalue weighted by atomic mass is 10.1. The second kappa shape index (κ2) is 10.2. The number of methoxy groups -OCH3 is 1. The van der Waals surface area contributed by atoms with Gasteiger partial charge in [0.1, 0.15) is 17.4 Å². The third kappa shape index (κ3) is 5.11. The SMILES string of the molecule is CCCn1c(C)cc(/C=C(\C#N)C(=O)N2CCCN(c3ccc(OC)cc3)CC2)c1C. The van der Waals surface area contributed by atoms with Gasteiger partial charge >= 0.3 is 0 Å². The Balaban J connectivity index is 1.73. The molecule has 1 fully saturated rings. The van der Waals surface area contributed by atoms with Crippen molar-refractivity contribution >= 4 is 17.7 Å². The number of amides is 1. The van der Waals surface area contributed by atoms with E-state index in [0.29, 0.717) is 13.1 Å². The Hall–Kier alpha value is -3.20. The molecule has 2 heterocycles. The van der Waals surface area contributed by atoms with Gasteiger partial charge in [-0.2, -0.15) is 5.26 Å². The van der Waals surface area contributed by atoms with Crippen LogP contribution < -0.4 is 9.64 Å². The Morgan fingerprint density at radius 2 is 1.90 bits per heavy atom. The third-order valence-electron chi connectivity index (χ3n) is 5.93. The highest BCUT2D eigenvalue weighted by atomic mass is 16.5. The van der Waals surface area contributed by atoms with Gasteiger partial charge in [-0.25, -0.2) is 0 Å². The van der Waals surface area contributed by atoms with Crippen molar-refractivity contribution in [1.29, 1.82) is 5.26 Å². The van der Waals surface area contributed by atoms with Crippen molar-refractivity contribution < 1.29 is 9.53 Å². The van der Waals surface area contributed by atoms with E-state index in [1.165, 1.54) is 0 Å². The number of carbonyl (C=O) groups is 1. The minimum atomic E-state index is -0.181. The number of carbonyl (C=O) groups excluding carboxylic acids is 1. The van der Waals surface area contributed by atoms with Crippen molar-refractivity contribution in [1.82, 2.24) is 9.47 Å². The summed E-state index contributed by atoms with van der Waals surface area (Å²) >= 11 is 0. The third-order valence-corrected chi connectivity index (χ3v) is 5.93. The molecule has 0 atom stereocenters. The fourth-order valence-corrected chi connectivity index (χ4v) is 4.18. The molecule has 2 aromatic rings.